The Balaban J connectivity index is 2.12. The molecule has 2 heterocycles. The van der Waals surface area contributed by atoms with Crippen LogP contribution in [0, 0.1) is 0 Å². The van der Waals surface area contributed by atoms with Gasteiger partial charge in [-0.15, -0.1) is 0 Å². The van der Waals surface area contributed by atoms with Crippen LogP contribution in [0.15, 0.2) is 16.9 Å². The number of ether oxygens (including phenoxy) is 1. The Labute approximate surface area is 112 Å². The molecule has 0 aromatic carbocycles. The van der Waals surface area contributed by atoms with Crippen LogP contribution in [0.25, 0.3) is 0 Å². The number of hydrogen-bond acceptors (Lipinski definition) is 5. The highest BCUT2D eigenvalue weighted by Gasteiger charge is 2.15. The first kappa shape index (κ1) is 13.7. The average Bonchev–Trinajstić information content (AvgIpc) is 2.99. The highest BCUT2D eigenvalue weighted by Crippen LogP contribution is 2.16. The van der Waals surface area contributed by atoms with Crippen molar-refractivity contribution < 1.29 is 9.26 Å². The second kappa shape index (κ2) is 5.97. The summed E-state index contributed by atoms with van der Waals surface area (Å²) in [5.41, 5.74) is 0. The van der Waals surface area contributed by atoms with Crippen molar-refractivity contribution >= 4 is 0 Å². The number of rotatable bonds is 6. The minimum Gasteiger partial charge on any atom is -0.371 e. The molecule has 104 valence electrons. The molecule has 0 aliphatic heterocycles. The zero-order valence-corrected chi connectivity index (χ0v) is 11.8. The van der Waals surface area contributed by atoms with Crippen molar-refractivity contribution in [3.05, 3.63) is 29.9 Å². The Morgan fingerprint density at radius 3 is 2.79 bits per heavy atom. The second-order valence-corrected chi connectivity index (χ2v) is 4.71. The summed E-state index contributed by atoms with van der Waals surface area (Å²) in [5, 5.41) is 3.98. The first-order chi connectivity index (χ1) is 9.11. The zero-order chi connectivity index (χ0) is 13.8. The molecule has 0 radical (unpaired) electrons. The van der Waals surface area contributed by atoms with Crippen LogP contribution in [-0.4, -0.2) is 26.3 Å². The molecule has 6 heteroatoms. The Bertz CT molecular complexity index is 518. The summed E-state index contributed by atoms with van der Waals surface area (Å²) in [6.07, 6.45) is 3.61. The minimum absolute atomic E-state index is 0.0449. The smallest absolute Gasteiger partial charge is 0.229 e. The fourth-order valence-corrected chi connectivity index (χ4v) is 1.86. The summed E-state index contributed by atoms with van der Waals surface area (Å²) in [5.74, 6) is 2.43. The van der Waals surface area contributed by atoms with E-state index in [9.17, 15) is 0 Å². The number of imidazole rings is 1. The fraction of sp³-hybridized carbons (Fsp3) is 0.615. The van der Waals surface area contributed by atoms with Crippen molar-refractivity contribution in [1.82, 2.24) is 19.7 Å². The molecule has 0 N–H and O–H groups in total. The quantitative estimate of drug-likeness (QED) is 0.802. The standard InChI is InChI=1S/C13H20N4O2/c1-5-18-10(4)12-14-6-7-17(12)8-11-15-13(9(2)3)19-16-11/h6-7,9-10H,5,8H2,1-4H3/t10-/m0/s1. The van der Waals surface area contributed by atoms with Crippen LogP contribution in [0.3, 0.4) is 0 Å². The summed E-state index contributed by atoms with van der Waals surface area (Å²) in [4.78, 5) is 8.69. The minimum atomic E-state index is -0.0449. The van der Waals surface area contributed by atoms with E-state index in [1.165, 1.54) is 0 Å². The van der Waals surface area contributed by atoms with Gasteiger partial charge >= 0.3 is 0 Å². The maximum absolute atomic E-state index is 5.56. The summed E-state index contributed by atoms with van der Waals surface area (Å²) in [7, 11) is 0. The molecular formula is C13H20N4O2. The third-order valence-corrected chi connectivity index (χ3v) is 2.82. The predicted octanol–water partition coefficient (Wildman–Crippen LogP) is 2.54. The molecule has 0 fully saturated rings. The molecule has 1 atom stereocenters. The van der Waals surface area contributed by atoms with Gasteiger partial charge in [0.1, 0.15) is 11.9 Å². The van der Waals surface area contributed by atoms with Gasteiger partial charge in [0.25, 0.3) is 0 Å². The fourth-order valence-electron chi connectivity index (χ4n) is 1.86. The summed E-state index contributed by atoms with van der Waals surface area (Å²) < 4.78 is 12.7. The van der Waals surface area contributed by atoms with Crippen molar-refractivity contribution in [3.63, 3.8) is 0 Å². The zero-order valence-electron chi connectivity index (χ0n) is 11.8. The van der Waals surface area contributed by atoms with Crippen molar-refractivity contribution in [2.45, 2.75) is 46.3 Å². The molecule has 2 rings (SSSR count). The third kappa shape index (κ3) is 3.20. The van der Waals surface area contributed by atoms with Gasteiger partial charge in [-0.05, 0) is 13.8 Å². The van der Waals surface area contributed by atoms with Crippen LogP contribution in [0.5, 0.6) is 0 Å². The molecule has 0 aliphatic rings. The lowest BCUT2D eigenvalue weighted by molar-refractivity contribution is 0.0677. The lowest BCUT2D eigenvalue weighted by Crippen LogP contribution is -2.11. The maximum Gasteiger partial charge on any atom is 0.229 e. The van der Waals surface area contributed by atoms with Gasteiger partial charge in [-0.2, -0.15) is 4.98 Å². The molecule has 6 nitrogen and oxygen atoms in total. The average molecular weight is 264 g/mol. The molecule has 0 unspecified atom stereocenters. The Kier molecular flexibility index (Phi) is 4.31. The van der Waals surface area contributed by atoms with Crippen molar-refractivity contribution in [2.75, 3.05) is 6.61 Å². The molecule has 0 bridgehead atoms. The van der Waals surface area contributed by atoms with Gasteiger partial charge in [-0.1, -0.05) is 19.0 Å². The van der Waals surface area contributed by atoms with Crippen LogP contribution in [0.2, 0.25) is 0 Å². The Morgan fingerprint density at radius 2 is 2.16 bits per heavy atom. The molecule has 0 saturated carbocycles. The van der Waals surface area contributed by atoms with Gasteiger partial charge in [0.15, 0.2) is 5.82 Å². The van der Waals surface area contributed by atoms with Gasteiger partial charge in [-0.25, -0.2) is 4.98 Å². The normalized spacial score (nSPS) is 13.1. The molecule has 2 aromatic rings. The van der Waals surface area contributed by atoms with E-state index in [-0.39, 0.29) is 12.0 Å². The first-order valence-electron chi connectivity index (χ1n) is 6.57. The lowest BCUT2D eigenvalue weighted by Gasteiger charge is -2.12. The molecule has 0 saturated heterocycles. The molecule has 2 aromatic heterocycles. The van der Waals surface area contributed by atoms with Gasteiger partial charge in [0.05, 0.1) is 6.54 Å². The largest absolute Gasteiger partial charge is 0.371 e. The van der Waals surface area contributed by atoms with Crippen molar-refractivity contribution in [1.29, 1.82) is 0 Å². The monoisotopic (exact) mass is 264 g/mol. The van der Waals surface area contributed by atoms with E-state index in [4.69, 9.17) is 9.26 Å². The Morgan fingerprint density at radius 1 is 1.37 bits per heavy atom. The van der Waals surface area contributed by atoms with Gasteiger partial charge < -0.3 is 13.8 Å². The van der Waals surface area contributed by atoms with E-state index in [0.29, 0.717) is 24.9 Å². The highest BCUT2D eigenvalue weighted by atomic mass is 16.5. The Hall–Kier alpha value is -1.69. The van der Waals surface area contributed by atoms with Crippen LogP contribution in [0.1, 0.15) is 57.3 Å². The van der Waals surface area contributed by atoms with Gasteiger partial charge in [-0.3, -0.25) is 0 Å². The van der Waals surface area contributed by atoms with Crippen molar-refractivity contribution in [2.24, 2.45) is 0 Å². The summed E-state index contributed by atoms with van der Waals surface area (Å²) in [6.45, 7) is 9.21. The summed E-state index contributed by atoms with van der Waals surface area (Å²) >= 11 is 0. The van der Waals surface area contributed by atoms with E-state index in [1.54, 1.807) is 6.20 Å². The van der Waals surface area contributed by atoms with Crippen LogP contribution in [-0.2, 0) is 11.3 Å². The molecule has 0 aliphatic carbocycles. The predicted molar refractivity (Wildman–Crippen MR) is 69.8 cm³/mol. The summed E-state index contributed by atoms with van der Waals surface area (Å²) in [6, 6.07) is 0. The van der Waals surface area contributed by atoms with Crippen LogP contribution >= 0.6 is 0 Å². The van der Waals surface area contributed by atoms with E-state index >= 15 is 0 Å². The highest BCUT2D eigenvalue weighted by molar-refractivity contribution is 5.00. The van der Waals surface area contributed by atoms with E-state index < -0.39 is 0 Å². The second-order valence-electron chi connectivity index (χ2n) is 4.71. The molecular weight excluding hydrogens is 244 g/mol. The number of hydrogen-bond donors (Lipinski definition) is 0. The number of aromatic nitrogens is 4. The SMILES string of the molecule is CCO[C@@H](C)c1nccn1Cc1noc(C(C)C)n1. The van der Waals surface area contributed by atoms with Gasteiger partial charge in [0, 0.05) is 24.9 Å². The maximum atomic E-state index is 5.56. The molecule has 0 spiro atoms. The van der Waals surface area contributed by atoms with E-state index in [1.807, 2.05) is 38.5 Å². The van der Waals surface area contributed by atoms with Crippen LogP contribution < -0.4 is 0 Å². The topological polar surface area (TPSA) is 66.0 Å². The van der Waals surface area contributed by atoms with Crippen LogP contribution in [0.4, 0.5) is 0 Å². The van der Waals surface area contributed by atoms with Crippen molar-refractivity contribution in [3.8, 4) is 0 Å². The first-order valence-corrected chi connectivity index (χ1v) is 6.57. The van der Waals surface area contributed by atoms with Gasteiger partial charge in [0.2, 0.25) is 5.89 Å². The third-order valence-electron chi connectivity index (χ3n) is 2.82. The van der Waals surface area contributed by atoms with E-state index in [2.05, 4.69) is 15.1 Å². The van der Waals surface area contributed by atoms with E-state index in [0.717, 1.165) is 5.82 Å². The molecule has 0 amide bonds. The lowest BCUT2D eigenvalue weighted by atomic mass is 10.2. The molecule has 19 heavy (non-hydrogen) atoms. The number of nitrogens with zero attached hydrogens (tertiary/aromatic N) is 4.